The monoisotopic (exact) mass is 445 g/mol. The van der Waals surface area contributed by atoms with Crippen LogP contribution in [0.4, 0.5) is 0 Å². The number of benzene rings is 3. The summed E-state index contributed by atoms with van der Waals surface area (Å²) in [6.45, 7) is 3.00. The van der Waals surface area contributed by atoms with Gasteiger partial charge in [0.25, 0.3) is 11.8 Å². The molecular weight excluding hydrogens is 422 g/mol. The van der Waals surface area contributed by atoms with E-state index in [-0.39, 0.29) is 22.5 Å². The number of carbonyl (C=O) groups excluding carboxylic acids is 4. The van der Waals surface area contributed by atoms with Gasteiger partial charge in [0.15, 0.2) is 12.4 Å². The zero-order valence-electron chi connectivity index (χ0n) is 18.5. The Hall–Kier alpha value is -4.26. The molecule has 0 spiro atoms. The number of para-hydroxylation sites is 1. The molecule has 33 heavy (non-hydrogen) atoms. The van der Waals surface area contributed by atoms with Crippen molar-refractivity contribution < 1.29 is 28.7 Å². The van der Waals surface area contributed by atoms with Gasteiger partial charge in [-0.15, -0.1) is 0 Å². The zero-order valence-corrected chi connectivity index (χ0v) is 18.5. The highest BCUT2D eigenvalue weighted by Gasteiger charge is 2.22. The van der Waals surface area contributed by atoms with E-state index in [2.05, 4.69) is 5.32 Å². The molecule has 0 unspecified atom stereocenters. The first-order valence-electron chi connectivity index (χ1n) is 10.2. The summed E-state index contributed by atoms with van der Waals surface area (Å²) in [6.07, 6.45) is 0. The predicted octanol–water partition coefficient (Wildman–Crippen LogP) is 3.66. The highest BCUT2D eigenvalue weighted by Crippen LogP contribution is 2.20. The molecule has 0 aliphatic heterocycles. The van der Waals surface area contributed by atoms with Gasteiger partial charge in [-0.25, -0.2) is 4.79 Å². The van der Waals surface area contributed by atoms with Crippen LogP contribution in [0, 0.1) is 13.8 Å². The molecule has 3 rings (SSSR count). The Labute approximate surface area is 191 Å². The van der Waals surface area contributed by atoms with Gasteiger partial charge in [0.2, 0.25) is 0 Å². The molecule has 7 heteroatoms. The van der Waals surface area contributed by atoms with Crippen molar-refractivity contribution in [2.24, 2.45) is 0 Å². The number of aryl methyl sites for hydroxylation is 2. The van der Waals surface area contributed by atoms with Crippen LogP contribution in [-0.2, 0) is 9.53 Å². The molecule has 0 fully saturated rings. The van der Waals surface area contributed by atoms with E-state index in [1.165, 1.54) is 25.3 Å². The second-order valence-electron chi connectivity index (χ2n) is 7.35. The number of rotatable bonds is 7. The fourth-order valence-electron chi connectivity index (χ4n) is 3.26. The number of amides is 2. The maximum Gasteiger partial charge on any atom is 0.339 e. The highest BCUT2D eigenvalue weighted by molar-refractivity contribution is 6.15. The molecule has 0 heterocycles. The third-order valence-electron chi connectivity index (χ3n) is 4.97. The minimum Gasteiger partial charge on any atom is -0.496 e. The van der Waals surface area contributed by atoms with Gasteiger partial charge in [0.1, 0.15) is 5.75 Å². The first kappa shape index (κ1) is 23.4. The normalized spacial score (nSPS) is 10.3. The number of carbonyl (C=O) groups is 4. The molecule has 168 valence electrons. The van der Waals surface area contributed by atoms with Gasteiger partial charge in [0, 0.05) is 11.1 Å². The number of hydrogen-bond donors (Lipinski definition) is 1. The van der Waals surface area contributed by atoms with E-state index < -0.39 is 24.4 Å². The van der Waals surface area contributed by atoms with Crippen LogP contribution in [0.3, 0.4) is 0 Å². The zero-order chi connectivity index (χ0) is 24.0. The first-order valence-corrected chi connectivity index (χ1v) is 10.2. The average Bonchev–Trinajstić information content (AvgIpc) is 2.83. The fraction of sp³-hybridized carbons (Fsp3) is 0.154. The molecule has 0 atom stereocenters. The van der Waals surface area contributed by atoms with Crippen molar-refractivity contribution in [1.82, 2.24) is 5.32 Å². The Morgan fingerprint density at radius 2 is 1.42 bits per heavy atom. The molecule has 7 nitrogen and oxygen atoms in total. The van der Waals surface area contributed by atoms with Crippen LogP contribution in [0.5, 0.6) is 5.75 Å². The van der Waals surface area contributed by atoms with E-state index in [0.29, 0.717) is 11.3 Å². The largest absolute Gasteiger partial charge is 0.496 e. The smallest absolute Gasteiger partial charge is 0.339 e. The van der Waals surface area contributed by atoms with Crippen molar-refractivity contribution in [2.75, 3.05) is 13.7 Å². The van der Waals surface area contributed by atoms with Crippen LogP contribution in [0.25, 0.3) is 0 Å². The third-order valence-corrected chi connectivity index (χ3v) is 4.97. The van der Waals surface area contributed by atoms with E-state index >= 15 is 0 Å². The summed E-state index contributed by atoms with van der Waals surface area (Å²) in [5.41, 5.74) is 2.55. The minimum absolute atomic E-state index is 0.0345. The number of ether oxygens (including phenoxy) is 2. The molecule has 0 saturated carbocycles. The third kappa shape index (κ3) is 5.51. The van der Waals surface area contributed by atoms with Crippen LogP contribution in [0.15, 0.2) is 66.7 Å². The average molecular weight is 445 g/mol. The maximum absolute atomic E-state index is 13.1. The fourth-order valence-corrected chi connectivity index (χ4v) is 3.26. The Morgan fingerprint density at radius 3 is 2.12 bits per heavy atom. The molecule has 3 aromatic rings. The van der Waals surface area contributed by atoms with E-state index in [0.717, 1.165) is 11.1 Å². The highest BCUT2D eigenvalue weighted by atomic mass is 16.5. The number of hydrogen-bond acceptors (Lipinski definition) is 6. The van der Waals surface area contributed by atoms with Gasteiger partial charge < -0.3 is 9.47 Å². The lowest BCUT2D eigenvalue weighted by molar-refractivity contribution is -0.123. The van der Waals surface area contributed by atoms with Gasteiger partial charge in [-0.3, -0.25) is 19.7 Å². The standard InChI is InChI=1S/C26H23NO6/c1-16-12-13-17(2)21(14-16)24(29)18-8-4-5-9-19(18)26(31)33-15-23(28)27-25(30)20-10-6-7-11-22(20)32-3/h4-14H,15H2,1-3H3,(H,27,28,30). The summed E-state index contributed by atoms with van der Waals surface area (Å²) in [5.74, 6) is -2.35. The molecule has 1 N–H and O–H groups in total. The Bertz CT molecular complexity index is 1230. The van der Waals surface area contributed by atoms with Crippen molar-refractivity contribution in [3.63, 3.8) is 0 Å². The van der Waals surface area contributed by atoms with Gasteiger partial charge in [-0.1, -0.05) is 48.0 Å². The molecule has 0 saturated heterocycles. The maximum atomic E-state index is 13.1. The molecule has 0 radical (unpaired) electrons. The van der Waals surface area contributed by atoms with E-state index in [1.54, 1.807) is 36.4 Å². The quantitative estimate of drug-likeness (QED) is 0.440. The van der Waals surface area contributed by atoms with E-state index in [9.17, 15) is 19.2 Å². The van der Waals surface area contributed by atoms with E-state index in [4.69, 9.17) is 9.47 Å². The molecule has 0 aliphatic carbocycles. The summed E-state index contributed by atoms with van der Waals surface area (Å²) in [6, 6.07) is 18.1. The molecular formula is C26H23NO6. The van der Waals surface area contributed by atoms with Gasteiger partial charge in [-0.05, 0) is 43.7 Å². The summed E-state index contributed by atoms with van der Waals surface area (Å²) in [7, 11) is 1.41. The van der Waals surface area contributed by atoms with Crippen LogP contribution in [-0.4, -0.2) is 37.3 Å². The topological polar surface area (TPSA) is 98.8 Å². The second kappa shape index (κ2) is 10.4. The van der Waals surface area contributed by atoms with Crippen molar-refractivity contribution in [3.8, 4) is 5.75 Å². The second-order valence-corrected chi connectivity index (χ2v) is 7.35. The molecule has 0 aromatic heterocycles. The van der Waals surface area contributed by atoms with Crippen molar-refractivity contribution >= 4 is 23.6 Å². The van der Waals surface area contributed by atoms with Crippen LogP contribution in [0.2, 0.25) is 0 Å². The number of ketones is 1. The predicted molar refractivity (Wildman–Crippen MR) is 122 cm³/mol. The van der Waals surface area contributed by atoms with Crippen LogP contribution < -0.4 is 10.1 Å². The number of esters is 1. The number of methoxy groups -OCH3 is 1. The summed E-state index contributed by atoms with van der Waals surface area (Å²) in [4.78, 5) is 50.2. The molecule has 0 aliphatic rings. The first-order chi connectivity index (χ1) is 15.8. The SMILES string of the molecule is COc1ccccc1C(=O)NC(=O)COC(=O)c1ccccc1C(=O)c1cc(C)ccc1C. The molecule has 0 bridgehead atoms. The van der Waals surface area contributed by atoms with Gasteiger partial charge >= 0.3 is 5.97 Å². The van der Waals surface area contributed by atoms with Crippen molar-refractivity contribution in [1.29, 1.82) is 0 Å². The lowest BCUT2D eigenvalue weighted by Gasteiger charge is -2.11. The van der Waals surface area contributed by atoms with Crippen molar-refractivity contribution in [3.05, 3.63) is 100 Å². The summed E-state index contributed by atoms with van der Waals surface area (Å²) < 4.78 is 10.2. The van der Waals surface area contributed by atoms with Crippen molar-refractivity contribution in [2.45, 2.75) is 13.8 Å². The lowest BCUT2D eigenvalue weighted by atomic mass is 9.94. The lowest BCUT2D eigenvalue weighted by Crippen LogP contribution is -2.34. The Balaban J connectivity index is 1.70. The molecule has 2 amide bonds. The Kier molecular flexibility index (Phi) is 7.35. The summed E-state index contributed by atoms with van der Waals surface area (Å²) >= 11 is 0. The molecule has 3 aromatic carbocycles. The summed E-state index contributed by atoms with van der Waals surface area (Å²) in [5, 5.41) is 2.15. The Morgan fingerprint density at radius 1 is 0.788 bits per heavy atom. The van der Waals surface area contributed by atoms with Crippen LogP contribution >= 0.6 is 0 Å². The number of nitrogens with one attached hydrogen (secondary N) is 1. The minimum atomic E-state index is -0.843. The van der Waals surface area contributed by atoms with Gasteiger partial charge in [0.05, 0.1) is 18.2 Å². The van der Waals surface area contributed by atoms with E-state index in [1.807, 2.05) is 26.0 Å². The van der Waals surface area contributed by atoms with Gasteiger partial charge in [-0.2, -0.15) is 0 Å². The number of imide groups is 1. The van der Waals surface area contributed by atoms with Crippen LogP contribution in [0.1, 0.15) is 47.8 Å².